The van der Waals surface area contributed by atoms with Crippen molar-refractivity contribution in [3.8, 4) is 0 Å². The second-order valence-corrected chi connectivity index (χ2v) is 5.16. The second-order valence-electron chi connectivity index (χ2n) is 5.16. The van der Waals surface area contributed by atoms with E-state index in [-0.39, 0.29) is 37.3 Å². The Morgan fingerprint density at radius 3 is 2.81 bits per heavy atom. The van der Waals surface area contributed by atoms with Gasteiger partial charge in [-0.25, -0.2) is 0 Å². The van der Waals surface area contributed by atoms with Crippen LogP contribution in [-0.2, 0) is 14.3 Å². The molecule has 21 heavy (non-hydrogen) atoms. The summed E-state index contributed by atoms with van der Waals surface area (Å²) < 4.78 is 5.14. The molecule has 6 heteroatoms. The summed E-state index contributed by atoms with van der Waals surface area (Å²) in [6.07, 6.45) is -0.102. The number of fused-ring (bicyclic) bond motifs is 1. The number of amides is 1. The van der Waals surface area contributed by atoms with E-state index in [9.17, 15) is 9.59 Å². The molecular weight excluding hydrogens is 272 g/mol. The smallest absolute Gasteiger partial charge is 0.304 e. The minimum Gasteiger partial charge on any atom is -0.481 e. The molecule has 1 aromatic carbocycles. The molecule has 0 aromatic heterocycles. The number of carbonyl (C=O) groups excluding carboxylic acids is 1. The van der Waals surface area contributed by atoms with Crippen LogP contribution in [0.4, 0.5) is 5.69 Å². The third kappa shape index (κ3) is 3.40. The van der Waals surface area contributed by atoms with Crippen LogP contribution in [0.1, 0.15) is 24.3 Å². The average molecular weight is 292 g/mol. The van der Waals surface area contributed by atoms with E-state index < -0.39 is 5.97 Å². The van der Waals surface area contributed by atoms with E-state index in [0.717, 1.165) is 11.3 Å². The summed E-state index contributed by atoms with van der Waals surface area (Å²) in [5.74, 6) is -1.12. The van der Waals surface area contributed by atoms with Crippen molar-refractivity contribution in [2.24, 2.45) is 5.73 Å². The number of benzene rings is 1. The lowest BCUT2D eigenvalue weighted by molar-refractivity contribution is -0.137. The molecule has 6 nitrogen and oxygen atoms in total. The fraction of sp³-hybridized carbons (Fsp3) is 0.467. The first kappa shape index (κ1) is 15.5. The number of hydrogen-bond acceptors (Lipinski definition) is 4. The van der Waals surface area contributed by atoms with Crippen molar-refractivity contribution in [3.05, 3.63) is 29.8 Å². The van der Waals surface area contributed by atoms with E-state index in [1.165, 1.54) is 7.11 Å². The van der Waals surface area contributed by atoms with Gasteiger partial charge in [-0.15, -0.1) is 0 Å². The molecule has 1 amide bonds. The van der Waals surface area contributed by atoms with Gasteiger partial charge >= 0.3 is 5.97 Å². The minimum atomic E-state index is -0.860. The molecule has 3 N–H and O–H groups in total. The third-order valence-corrected chi connectivity index (χ3v) is 3.79. The number of hydrogen-bond donors (Lipinski definition) is 2. The molecule has 1 aliphatic heterocycles. The summed E-state index contributed by atoms with van der Waals surface area (Å²) in [4.78, 5) is 25.0. The molecule has 2 rings (SSSR count). The molecule has 114 valence electrons. The molecular formula is C15H20N2O4. The van der Waals surface area contributed by atoms with Gasteiger partial charge in [0.2, 0.25) is 5.91 Å². The Balaban J connectivity index is 2.18. The highest BCUT2D eigenvalue weighted by Crippen LogP contribution is 2.38. The number of nitrogens with zero attached hydrogens (tertiary/aromatic N) is 1. The van der Waals surface area contributed by atoms with Crippen LogP contribution in [0.5, 0.6) is 0 Å². The summed E-state index contributed by atoms with van der Waals surface area (Å²) >= 11 is 0. The first-order valence-electron chi connectivity index (χ1n) is 6.90. The van der Waals surface area contributed by atoms with E-state index in [2.05, 4.69) is 0 Å². The zero-order valence-electron chi connectivity index (χ0n) is 12.0. The largest absolute Gasteiger partial charge is 0.481 e. The van der Waals surface area contributed by atoms with Gasteiger partial charge in [-0.2, -0.15) is 0 Å². The third-order valence-electron chi connectivity index (χ3n) is 3.79. The highest BCUT2D eigenvalue weighted by atomic mass is 16.5. The number of rotatable bonds is 6. The molecule has 1 aliphatic rings. The monoisotopic (exact) mass is 292 g/mol. The molecule has 0 radical (unpaired) electrons. The van der Waals surface area contributed by atoms with Gasteiger partial charge < -0.3 is 20.5 Å². The number of anilines is 1. The van der Waals surface area contributed by atoms with Crippen molar-refractivity contribution in [1.82, 2.24) is 0 Å². The quantitative estimate of drug-likeness (QED) is 0.814. The van der Waals surface area contributed by atoms with E-state index in [0.29, 0.717) is 6.54 Å². The first-order valence-corrected chi connectivity index (χ1v) is 6.90. The zero-order chi connectivity index (χ0) is 15.4. The average Bonchev–Trinajstić information content (AvgIpc) is 2.83. The Morgan fingerprint density at radius 2 is 2.19 bits per heavy atom. The number of carbonyl (C=O) groups is 2. The summed E-state index contributed by atoms with van der Waals surface area (Å²) in [6.45, 7) is 0.668. The molecule has 0 aliphatic carbocycles. The zero-order valence-corrected chi connectivity index (χ0v) is 12.0. The number of aliphatic carboxylic acids is 1. The molecule has 2 atom stereocenters. The van der Waals surface area contributed by atoms with Crippen molar-refractivity contribution in [2.45, 2.75) is 24.9 Å². The maximum Gasteiger partial charge on any atom is 0.304 e. The van der Waals surface area contributed by atoms with Crippen LogP contribution < -0.4 is 10.6 Å². The van der Waals surface area contributed by atoms with Crippen LogP contribution >= 0.6 is 0 Å². The van der Waals surface area contributed by atoms with E-state index in [1.54, 1.807) is 4.90 Å². The summed E-state index contributed by atoms with van der Waals surface area (Å²) in [6, 6.07) is 7.44. The van der Waals surface area contributed by atoms with E-state index in [1.807, 2.05) is 24.3 Å². The molecule has 0 fully saturated rings. The van der Waals surface area contributed by atoms with Gasteiger partial charge in [0.25, 0.3) is 0 Å². The molecule has 0 spiro atoms. The number of methoxy groups -OCH3 is 1. The van der Waals surface area contributed by atoms with Crippen LogP contribution in [0.3, 0.4) is 0 Å². The van der Waals surface area contributed by atoms with Gasteiger partial charge in [0, 0.05) is 31.8 Å². The van der Waals surface area contributed by atoms with Crippen molar-refractivity contribution >= 4 is 17.6 Å². The lowest BCUT2D eigenvalue weighted by Gasteiger charge is -2.20. The normalized spacial score (nSPS) is 18.4. The SMILES string of the molecule is COC(CN)CC(=O)N1CC(CC(=O)O)c2ccccc21. The van der Waals surface area contributed by atoms with Crippen molar-refractivity contribution in [2.75, 3.05) is 25.1 Å². The van der Waals surface area contributed by atoms with Crippen LogP contribution in [0, 0.1) is 0 Å². The Hall–Kier alpha value is -1.92. The molecule has 0 saturated carbocycles. The van der Waals surface area contributed by atoms with Crippen LogP contribution in [0.2, 0.25) is 0 Å². The summed E-state index contributed by atoms with van der Waals surface area (Å²) in [5, 5.41) is 9.01. The number of carboxylic acids is 1. The maximum absolute atomic E-state index is 12.4. The lowest BCUT2D eigenvalue weighted by Crippen LogP contribution is -2.35. The Morgan fingerprint density at radius 1 is 1.48 bits per heavy atom. The van der Waals surface area contributed by atoms with Gasteiger partial charge in [0.15, 0.2) is 0 Å². The Bertz CT molecular complexity index is 528. The maximum atomic E-state index is 12.4. The van der Waals surface area contributed by atoms with Crippen molar-refractivity contribution in [3.63, 3.8) is 0 Å². The second kappa shape index (κ2) is 6.69. The van der Waals surface area contributed by atoms with Crippen molar-refractivity contribution in [1.29, 1.82) is 0 Å². The van der Waals surface area contributed by atoms with Gasteiger partial charge in [-0.05, 0) is 11.6 Å². The number of nitrogens with two attached hydrogens (primary N) is 1. The standard InChI is InChI=1S/C15H20N2O4/c1-21-11(8-16)7-14(18)17-9-10(6-15(19)20)12-4-2-3-5-13(12)17/h2-5,10-11H,6-9,16H2,1H3,(H,19,20). The number of carboxylic acid groups (broad SMARTS) is 1. The van der Waals surface area contributed by atoms with Gasteiger partial charge in [-0.1, -0.05) is 18.2 Å². The molecule has 1 heterocycles. The topological polar surface area (TPSA) is 92.9 Å². The Labute approximate surface area is 123 Å². The minimum absolute atomic E-state index is 0.0192. The fourth-order valence-electron chi connectivity index (χ4n) is 2.68. The fourth-order valence-corrected chi connectivity index (χ4v) is 2.68. The molecule has 0 bridgehead atoms. The van der Waals surface area contributed by atoms with E-state index in [4.69, 9.17) is 15.6 Å². The predicted octanol–water partition coefficient (Wildman–Crippen LogP) is 0.955. The van der Waals surface area contributed by atoms with Crippen LogP contribution in [-0.4, -0.2) is 43.3 Å². The molecule has 2 unspecified atom stereocenters. The lowest BCUT2D eigenvalue weighted by atomic mass is 9.98. The number of para-hydroxylation sites is 1. The first-order chi connectivity index (χ1) is 10.1. The van der Waals surface area contributed by atoms with Crippen LogP contribution in [0.15, 0.2) is 24.3 Å². The highest BCUT2D eigenvalue weighted by molar-refractivity contribution is 5.96. The summed E-state index contributed by atoms with van der Waals surface area (Å²) in [7, 11) is 1.52. The predicted molar refractivity (Wildman–Crippen MR) is 78.3 cm³/mol. The Kier molecular flexibility index (Phi) is 4.93. The van der Waals surface area contributed by atoms with Gasteiger partial charge in [0.1, 0.15) is 0 Å². The van der Waals surface area contributed by atoms with Crippen molar-refractivity contribution < 1.29 is 19.4 Å². The number of ether oxygens (including phenoxy) is 1. The van der Waals surface area contributed by atoms with Crippen LogP contribution in [0.25, 0.3) is 0 Å². The molecule has 0 saturated heterocycles. The summed E-state index contributed by atoms with van der Waals surface area (Å²) in [5.41, 5.74) is 7.25. The van der Waals surface area contributed by atoms with E-state index >= 15 is 0 Å². The van der Waals surface area contributed by atoms with Gasteiger partial charge in [0.05, 0.1) is 18.9 Å². The van der Waals surface area contributed by atoms with Gasteiger partial charge in [-0.3, -0.25) is 9.59 Å². The molecule has 1 aromatic rings. The highest BCUT2D eigenvalue weighted by Gasteiger charge is 2.33.